The van der Waals surface area contributed by atoms with Crippen LogP contribution in [0.1, 0.15) is 22.9 Å². The van der Waals surface area contributed by atoms with E-state index in [1.54, 1.807) is 25.2 Å². The van der Waals surface area contributed by atoms with Gasteiger partial charge in [0.05, 0.1) is 22.1 Å². The fourth-order valence-electron chi connectivity index (χ4n) is 3.60. The third-order valence-electron chi connectivity index (χ3n) is 4.88. The minimum absolute atomic E-state index is 0.0925. The van der Waals surface area contributed by atoms with E-state index in [0.717, 1.165) is 27.7 Å². The summed E-state index contributed by atoms with van der Waals surface area (Å²) in [4.78, 5) is 15.8. The number of hydrogen-bond acceptors (Lipinski definition) is 2. The molecule has 2 heterocycles. The van der Waals surface area contributed by atoms with Crippen molar-refractivity contribution in [1.82, 2.24) is 15.6 Å². The Morgan fingerprint density at radius 1 is 1.07 bits per heavy atom. The molecular weight excluding hydrogens is 428 g/mol. The van der Waals surface area contributed by atoms with E-state index in [1.807, 2.05) is 12.1 Å². The van der Waals surface area contributed by atoms with Crippen molar-refractivity contribution in [3.8, 4) is 0 Å². The monoisotopic (exact) mass is 441 g/mol. The average molecular weight is 443 g/mol. The van der Waals surface area contributed by atoms with Crippen molar-refractivity contribution < 1.29 is 4.79 Å². The first-order chi connectivity index (χ1) is 12.9. The first kappa shape index (κ1) is 18.9. The number of aromatic nitrogens is 1. The smallest absolute Gasteiger partial charge is 0.237 e. The van der Waals surface area contributed by atoms with Crippen LogP contribution in [0, 0.1) is 0 Å². The van der Waals surface area contributed by atoms with Crippen molar-refractivity contribution in [2.75, 3.05) is 7.05 Å². The number of hydrogen-bond donors (Lipinski definition) is 3. The number of H-pyrrole nitrogens is 1. The molecule has 0 unspecified atom stereocenters. The number of halogens is 4. The Morgan fingerprint density at radius 2 is 1.81 bits per heavy atom. The van der Waals surface area contributed by atoms with Gasteiger partial charge in [-0.25, -0.2) is 0 Å². The molecule has 1 aliphatic heterocycles. The number of carbonyl (C=O) groups excluding carboxylic acids is 1. The van der Waals surface area contributed by atoms with Crippen molar-refractivity contribution in [2.45, 2.75) is 18.5 Å². The van der Waals surface area contributed by atoms with Crippen molar-refractivity contribution >= 4 is 63.2 Å². The van der Waals surface area contributed by atoms with Crippen LogP contribution in [0.4, 0.5) is 0 Å². The summed E-state index contributed by atoms with van der Waals surface area (Å²) in [7, 11) is 1.62. The number of benzene rings is 2. The second-order valence-electron chi connectivity index (χ2n) is 6.47. The molecule has 1 amide bonds. The average Bonchev–Trinajstić information content (AvgIpc) is 2.98. The van der Waals surface area contributed by atoms with Gasteiger partial charge < -0.3 is 10.3 Å². The van der Waals surface area contributed by atoms with E-state index >= 15 is 0 Å². The van der Waals surface area contributed by atoms with Crippen LogP contribution in [-0.2, 0) is 11.2 Å². The van der Waals surface area contributed by atoms with Crippen LogP contribution in [0.3, 0.4) is 0 Å². The largest absolute Gasteiger partial charge is 0.358 e. The van der Waals surface area contributed by atoms with Crippen molar-refractivity contribution in [3.05, 3.63) is 67.2 Å². The van der Waals surface area contributed by atoms with E-state index in [4.69, 9.17) is 46.4 Å². The van der Waals surface area contributed by atoms with Gasteiger partial charge in [-0.1, -0.05) is 52.5 Å². The highest BCUT2D eigenvalue weighted by Crippen LogP contribution is 2.40. The summed E-state index contributed by atoms with van der Waals surface area (Å²) in [5, 5.41) is 9.07. The molecule has 1 aliphatic rings. The van der Waals surface area contributed by atoms with Gasteiger partial charge in [-0.05, 0) is 41.8 Å². The lowest BCUT2D eigenvalue weighted by Crippen LogP contribution is -2.49. The molecule has 140 valence electrons. The molecular formula is C19H15Cl4N3O. The number of carbonyl (C=O) groups is 1. The van der Waals surface area contributed by atoms with Crippen LogP contribution < -0.4 is 10.6 Å². The summed E-state index contributed by atoms with van der Waals surface area (Å²) in [5.74, 6) is -0.0925. The molecule has 0 spiro atoms. The Kier molecular flexibility index (Phi) is 5.04. The number of aromatic amines is 1. The minimum atomic E-state index is -0.410. The summed E-state index contributed by atoms with van der Waals surface area (Å²) in [6.07, 6.45) is 0.522. The number of fused-ring (bicyclic) bond motifs is 3. The lowest BCUT2D eigenvalue weighted by atomic mass is 9.90. The van der Waals surface area contributed by atoms with Crippen LogP contribution in [0.15, 0.2) is 30.3 Å². The Labute approximate surface area is 176 Å². The van der Waals surface area contributed by atoms with Crippen molar-refractivity contribution in [3.63, 3.8) is 0 Å². The van der Waals surface area contributed by atoms with Gasteiger partial charge in [0.2, 0.25) is 5.91 Å². The number of likely N-dealkylation sites (N-methyl/N-ethyl adjacent to an activating group) is 1. The first-order valence-electron chi connectivity index (χ1n) is 8.31. The summed E-state index contributed by atoms with van der Waals surface area (Å²) < 4.78 is 0. The number of nitrogens with one attached hydrogen (secondary N) is 3. The van der Waals surface area contributed by atoms with Gasteiger partial charge in [-0.15, -0.1) is 0 Å². The maximum Gasteiger partial charge on any atom is 0.237 e. The highest BCUT2D eigenvalue weighted by Gasteiger charge is 2.34. The maximum atomic E-state index is 12.4. The molecule has 3 N–H and O–H groups in total. The molecule has 4 nitrogen and oxygen atoms in total. The Hall–Kier alpha value is -1.43. The molecule has 2 atom stereocenters. The lowest BCUT2D eigenvalue weighted by Gasteiger charge is -2.31. The zero-order valence-corrected chi connectivity index (χ0v) is 17.2. The van der Waals surface area contributed by atoms with Gasteiger partial charge >= 0.3 is 0 Å². The van der Waals surface area contributed by atoms with E-state index in [0.29, 0.717) is 26.5 Å². The third kappa shape index (κ3) is 3.30. The molecule has 27 heavy (non-hydrogen) atoms. The molecule has 2 aromatic carbocycles. The van der Waals surface area contributed by atoms with Crippen LogP contribution in [0.2, 0.25) is 20.1 Å². The molecule has 0 radical (unpaired) electrons. The predicted octanol–water partition coefficient (Wildman–Crippen LogP) is 5.13. The van der Waals surface area contributed by atoms with Crippen LogP contribution in [0.5, 0.6) is 0 Å². The molecule has 1 aromatic heterocycles. The van der Waals surface area contributed by atoms with Gasteiger partial charge in [0.15, 0.2) is 0 Å². The summed E-state index contributed by atoms with van der Waals surface area (Å²) >= 11 is 24.9. The lowest BCUT2D eigenvalue weighted by molar-refractivity contribution is -0.122. The molecule has 3 aromatic rings. The van der Waals surface area contributed by atoms with E-state index in [-0.39, 0.29) is 11.9 Å². The fourth-order valence-corrected chi connectivity index (χ4v) is 4.45. The van der Waals surface area contributed by atoms with Gasteiger partial charge in [-0.3, -0.25) is 10.1 Å². The topological polar surface area (TPSA) is 56.9 Å². The van der Waals surface area contributed by atoms with Gasteiger partial charge in [0.1, 0.15) is 0 Å². The third-order valence-corrected chi connectivity index (χ3v) is 6.17. The van der Waals surface area contributed by atoms with E-state index in [9.17, 15) is 4.79 Å². The molecule has 0 fully saturated rings. The molecule has 0 saturated heterocycles. The maximum absolute atomic E-state index is 12.4. The second kappa shape index (κ2) is 7.19. The quantitative estimate of drug-likeness (QED) is 0.515. The number of amides is 1. The van der Waals surface area contributed by atoms with Crippen molar-refractivity contribution in [2.24, 2.45) is 0 Å². The normalized spacial score (nSPS) is 19.1. The summed E-state index contributed by atoms with van der Waals surface area (Å²) in [6.45, 7) is 0. The molecule has 8 heteroatoms. The van der Waals surface area contributed by atoms with Crippen molar-refractivity contribution in [1.29, 1.82) is 0 Å². The summed E-state index contributed by atoms with van der Waals surface area (Å²) in [5.41, 5.74) is 3.66. The Morgan fingerprint density at radius 3 is 2.52 bits per heavy atom. The summed E-state index contributed by atoms with van der Waals surface area (Å²) in [6, 6.07) is 8.26. The predicted molar refractivity (Wildman–Crippen MR) is 111 cm³/mol. The van der Waals surface area contributed by atoms with Gasteiger partial charge in [-0.2, -0.15) is 0 Å². The van der Waals surface area contributed by atoms with E-state index in [2.05, 4.69) is 15.6 Å². The van der Waals surface area contributed by atoms with Gasteiger partial charge in [0.25, 0.3) is 0 Å². The highest BCUT2D eigenvalue weighted by atomic mass is 35.5. The Bertz CT molecular complexity index is 1060. The molecule has 4 rings (SSSR count). The van der Waals surface area contributed by atoms with Crippen LogP contribution >= 0.6 is 46.4 Å². The van der Waals surface area contributed by atoms with Gasteiger partial charge in [0, 0.05) is 33.7 Å². The zero-order valence-electron chi connectivity index (χ0n) is 14.2. The molecule has 0 saturated carbocycles. The van der Waals surface area contributed by atoms with E-state index < -0.39 is 6.04 Å². The minimum Gasteiger partial charge on any atom is -0.358 e. The Balaban J connectivity index is 1.93. The van der Waals surface area contributed by atoms with Crippen LogP contribution in [-0.4, -0.2) is 24.0 Å². The second-order valence-corrected chi connectivity index (χ2v) is 8.12. The first-order valence-corrected chi connectivity index (χ1v) is 9.82. The standard InChI is InChI=1S/C19H15Cl4N3O/c1-24-19(27)16-6-11-10-5-13(22)14(23)7-15(10)25-18(11)17(26-16)9-3-2-8(20)4-12(9)21/h2-5,7,16-17,25-26H,6H2,1H3,(H,24,27)/t16-,17+/m0/s1. The number of rotatable bonds is 2. The highest BCUT2D eigenvalue weighted by molar-refractivity contribution is 6.42. The molecule has 0 bridgehead atoms. The zero-order chi connectivity index (χ0) is 19.3. The van der Waals surface area contributed by atoms with E-state index in [1.165, 1.54) is 0 Å². The fraction of sp³-hybridized carbons (Fsp3) is 0.211. The van der Waals surface area contributed by atoms with Crippen LogP contribution in [0.25, 0.3) is 10.9 Å². The molecule has 0 aliphatic carbocycles. The SMILES string of the molecule is CNC(=O)[C@@H]1Cc2c([nH]c3cc(Cl)c(Cl)cc23)[C@@H](c2ccc(Cl)cc2Cl)N1.